The number of nitrogens with one attached hydrogen (secondary N) is 1. The Morgan fingerprint density at radius 2 is 1.80 bits per heavy atom. The Labute approximate surface area is 211 Å². The number of amides is 3. The van der Waals surface area contributed by atoms with Crippen LogP contribution in [0.15, 0.2) is 12.1 Å². The molecule has 1 atom stereocenters. The van der Waals surface area contributed by atoms with E-state index in [-0.39, 0.29) is 30.7 Å². The highest BCUT2D eigenvalue weighted by molar-refractivity contribution is 6.33. The molecule has 7 N–H and O–H groups in total. The van der Waals surface area contributed by atoms with Crippen molar-refractivity contribution in [3.05, 3.63) is 22.7 Å². The highest BCUT2D eigenvalue weighted by atomic mass is 35.5. The standard InChI is InChI=1S/C24H37ClN6O4/c1-35-21-13-20(27)18(25)12-17(21)24(34)29-16-6-8-30(9-7-16)14-15-4-10-31(11-5-15)22(32)3-2-19(26)23(28)33/h12-13,15-16,19H,2-11,14,26-27H2,1H3,(H2,28,33)(H,29,34). The van der Waals surface area contributed by atoms with Crippen molar-refractivity contribution in [2.75, 3.05) is 45.6 Å². The number of benzene rings is 1. The third kappa shape index (κ3) is 7.46. The minimum absolute atomic E-state index is 0.0377. The number of piperidine rings is 2. The number of rotatable bonds is 9. The van der Waals surface area contributed by atoms with Crippen LogP contribution in [0.2, 0.25) is 5.02 Å². The van der Waals surface area contributed by atoms with E-state index in [0.29, 0.717) is 27.9 Å². The summed E-state index contributed by atoms with van der Waals surface area (Å²) in [5.74, 6) is 0.197. The smallest absolute Gasteiger partial charge is 0.255 e. The number of halogens is 1. The molecule has 10 nitrogen and oxygen atoms in total. The first-order valence-electron chi connectivity index (χ1n) is 12.2. The molecule has 2 heterocycles. The van der Waals surface area contributed by atoms with Gasteiger partial charge in [0.15, 0.2) is 0 Å². The van der Waals surface area contributed by atoms with Crippen LogP contribution in [-0.2, 0) is 9.59 Å². The lowest BCUT2D eigenvalue weighted by molar-refractivity contribution is -0.133. The van der Waals surface area contributed by atoms with Crippen molar-refractivity contribution < 1.29 is 19.1 Å². The summed E-state index contributed by atoms with van der Waals surface area (Å²) in [4.78, 5) is 40.5. The quantitative estimate of drug-likeness (QED) is 0.362. The summed E-state index contributed by atoms with van der Waals surface area (Å²) in [5, 5.41) is 3.43. The molecule has 0 bridgehead atoms. The maximum Gasteiger partial charge on any atom is 0.255 e. The van der Waals surface area contributed by atoms with Crippen LogP contribution in [0.4, 0.5) is 5.69 Å². The minimum atomic E-state index is -0.768. The number of methoxy groups -OCH3 is 1. The molecule has 1 unspecified atom stereocenters. The summed E-state index contributed by atoms with van der Waals surface area (Å²) in [6.45, 7) is 4.28. The van der Waals surface area contributed by atoms with Crippen LogP contribution in [0.3, 0.4) is 0 Å². The molecular weight excluding hydrogens is 472 g/mol. The monoisotopic (exact) mass is 508 g/mol. The highest BCUT2D eigenvalue weighted by Gasteiger charge is 2.28. The van der Waals surface area contributed by atoms with Gasteiger partial charge in [-0.3, -0.25) is 14.4 Å². The van der Waals surface area contributed by atoms with Gasteiger partial charge in [-0.1, -0.05) is 11.6 Å². The second-order valence-corrected chi connectivity index (χ2v) is 9.90. The van der Waals surface area contributed by atoms with E-state index in [1.165, 1.54) is 7.11 Å². The van der Waals surface area contributed by atoms with Gasteiger partial charge in [0.1, 0.15) is 5.75 Å². The summed E-state index contributed by atoms with van der Waals surface area (Å²) < 4.78 is 5.29. The van der Waals surface area contributed by atoms with Crippen molar-refractivity contribution in [3.8, 4) is 5.75 Å². The summed E-state index contributed by atoms with van der Waals surface area (Å²) in [6.07, 6.45) is 4.20. The largest absolute Gasteiger partial charge is 0.496 e. The van der Waals surface area contributed by atoms with Crippen LogP contribution in [0, 0.1) is 5.92 Å². The van der Waals surface area contributed by atoms with Gasteiger partial charge >= 0.3 is 0 Å². The number of anilines is 1. The van der Waals surface area contributed by atoms with Crippen LogP contribution in [-0.4, -0.2) is 79.4 Å². The number of nitrogen functional groups attached to an aromatic ring is 1. The number of primary amides is 1. The molecule has 0 spiro atoms. The van der Waals surface area contributed by atoms with E-state index in [2.05, 4.69) is 10.2 Å². The molecule has 2 aliphatic heterocycles. The second-order valence-electron chi connectivity index (χ2n) is 9.49. The molecule has 1 aromatic carbocycles. The summed E-state index contributed by atoms with van der Waals surface area (Å²) in [6, 6.07) is 2.43. The van der Waals surface area contributed by atoms with Crippen molar-refractivity contribution in [1.82, 2.24) is 15.1 Å². The molecule has 2 saturated heterocycles. The number of hydrogen-bond acceptors (Lipinski definition) is 7. The van der Waals surface area contributed by atoms with Crippen LogP contribution in [0.5, 0.6) is 5.75 Å². The van der Waals surface area contributed by atoms with Gasteiger partial charge in [0, 0.05) is 51.3 Å². The number of carbonyl (C=O) groups excluding carboxylic acids is 3. The fraction of sp³-hybridized carbons (Fsp3) is 0.625. The molecule has 0 aliphatic carbocycles. The van der Waals surface area contributed by atoms with E-state index in [4.69, 9.17) is 33.5 Å². The van der Waals surface area contributed by atoms with Crippen molar-refractivity contribution in [2.45, 2.75) is 50.6 Å². The third-order valence-electron chi connectivity index (χ3n) is 7.00. The van der Waals surface area contributed by atoms with Gasteiger partial charge < -0.3 is 37.1 Å². The SMILES string of the molecule is COc1cc(N)c(Cl)cc1C(=O)NC1CCN(CC2CCN(C(=O)CCC(N)C(N)=O)CC2)CC1. The molecule has 2 fully saturated rings. The first kappa shape index (κ1) is 27.0. The number of nitrogens with zero attached hydrogens (tertiary/aromatic N) is 2. The zero-order valence-electron chi connectivity index (χ0n) is 20.3. The predicted octanol–water partition coefficient (Wildman–Crippen LogP) is 0.956. The van der Waals surface area contributed by atoms with E-state index >= 15 is 0 Å². The van der Waals surface area contributed by atoms with Crippen LogP contribution in [0.25, 0.3) is 0 Å². The van der Waals surface area contributed by atoms with Crippen molar-refractivity contribution in [1.29, 1.82) is 0 Å². The van der Waals surface area contributed by atoms with Gasteiger partial charge in [0.2, 0.25) is 11.8 Å². The Morgan fingerprint density at radius 1 is 1.14 bits per heavy atom. The number of carbonyl (C=O) groups is 3. The average molecular weight is 509 g/mol. The summed E-state index contributed by atoms with van der Waals surface area (Å²) in [7, 11) is 1.50. The lowest BCUT2D eigenvalue weighted by Crippen LogP contribution is -2.47. The molecular formula is C24H37ClN6O4. The molecule has 0 saturated carbocycles. The molecule has 3 rings (SSSR count). The maximum atomic E-state index is 12.8. The van der Waals surface area contributed by atoms with E-state index in [1.54, 1.807) is 12.1 Å². The van der Waals surface area contributed by atoms with Gasteiger partial charge in [-0.05, 0) is 44.1 Å². The Balaban J connectivity index is 1.38. The zero-order chi connectivity index (χ0) is 25.5. The Hall–Kier alpha value is -2.56. The first-order chi connectivity index (χ1) is 16.7. The molecule has 1 aromatic rings. The minimum Gasteiger partial charge on any atom is -0.496 e. The van der Waals surface area contributed by atoms with E-state index in [9.17, 15) is 14.4 Å². The topological polar surface area (TPSA) is 157 Å². The molecule has 3 amide bonds. The summed E-state index contributed by atoms with van der Waals surface area (Å²) in [5.41, 5.74) is 17.3. The number of hydrogen-bond donors (Lipinski definition) is 4. The fourth-order valence-corrected chi connectivity index (χ4v) is 4.91. The van der Waals surface area contributed by atoms with Gasteiger partial charge in [-0.25, -0.2) is 0 Å². The Bertz CT molecular complexity index is 914. The van der Waals surface area contributed by atoms with Crippen molar-refractivity contribution >= 4 is 35.0 Å². The van der Waals surface area contributed by atoms with Gasteiger partial charge in [-0.15, -0.1) is 0 Å². The van der Waals surface area contributed by atoms with Crippen molar-refractivity contribution in [3.63, 3.8) is 0 Å². The molecule has 2 aliphatic rings. The maximum absolute atomic E-state index is 12.8. The van der Waals surface area contributed by atoms with Gasteiger partial charge in [0.05, 0.1) is 29.4 Å². The van der Waals surface area contributed by atoms with Crippen LogP contribution in [0.1, 0.15) is 48.9 Å². The summed E-state index contributed by atoms with van der Waals surface area (Å²) >= 11 is 6.10. The van der Waals surface area contributed by atoms with Gasteiger partial charge in [-0.2, -0.15) is 0 Å². The van der Waals surface area contributed by atoms with E-state index in [1.807, 2.05) is 4.90 Å². The normalized spacial score (nSPS) is 18.8. The molecule has 11 heteroatoms. The Kier molecular flexibility index (Phi) is 9.59. The van der Waals surface area contributed by atoms with E-state index < -0.39 is 11.9 Å². The molecule has 0 radical (unpaired) electrons. The number of ether oxygens (including phenoxy) is 1. The molecule has 194 valence electrons. The van der Waals surface area contributed by atoms with Crippen LogP contribution < -0.4 is 27.3 Å². The van der Waals surface area contributed by atoms with E-state index in [0.717, 1.165) is 58.4 Å². The first-order valence-corrected chi connectivity index (χ1v) is 12.5. The van der Waals surface area contributed by atoms with Crippen molar-refractivity contribution in [2.24, 2.45) is 17.4 Å². The molecule has 0 aromatic heterocycles. The highest BCUT2D eigenvalue weighted by Crippen LogP contribution is 2.29. The number of nitrogens with two attached hydrogens (primary N) is 3. The zero-order valence-corrected chi connectivity index (χ0v) is 21.1. The number of likely N-dealkylation sites (tertiary alicyclic amines) is 2. The lowest BCUT2D eigenvalue weighted by atomic mass is 9.94. The Morgan fingerprint density at radius 3 is 2.40 bits per heavy atom. The van der Waals surface area contributed by atoms with Gasteiger partial charge in [0.25, 0.3) is 5.91 Å². The second kappa shape index (κ2) is 12.4. The van der Waals surface area contributed by atoms with Crippen LogP contribution >= 0.6 is 11.6 Å². The third-order valence-corrected chi connectivity index (χ3v) is 7.33. The average Bonchev–Trinajstić information content (AvgIpc) is 2.85. The fourth-order valence-electron chi connectivity index (χ4n) is 4.75. The lowest BCUT2D eigenvalue weighted by Gasteiger charge is -2.38. The molecule has 35 heavy (non-hydrogen) atoms. The predicted molar refractivity (Wildman–Crippen MR) is 135 cm³/mol.